The highest BCUT2D eigenvalue weighted by atomic mass is 14.8. The van der Waals surface area contributed by atoms with Gasteiger partial charge in [-0.05, 0) is 37.0 Å². The van der Waals surface area contributed by atoms with Crippen LogP contribution >= 0.6 is 0 Å². The minimum atomic E-state index is 1.10. The molecule has 2 heterocycles. The Morgan fingerprint density at radius 2 is 1.95 bits per heavy atom. The second kappa shape index (κ2) is 3.60. The Bertz CT molecular complexity index is 977. The molecule has 1 aromatic heterocycles. The number of hydrogen-bond donors (Lipinski definition) is 1. The first-order valence-corrected chi connectivity index (χ1v) is 7.24. The Labute approximate surface area is 116 Å². The molecule has 0 spiro atoms. The van der Waals surface area contributed by atoms with Crippen molar-refractivity contribution >= 4 is 22.7 Å². The number of nitrogens with one attached hydrogen (secondary N) is 1. The third-order valence-corrected chi connectivity index (χ3v) is 4.48. The van der Waals surface area contributed by atoms with Crippen molar-refractivity contribution in [3.8, 4) is 11.1 Å². The van der Waals surface area contributed by atoms with E-state index in [0.717, 1.165) is 17.5 Å². The predicted molar refractivity (Wildman–Crippen MR) is 81.6 cm³/mol. The largest absolute Gasteiger partial charge is 0.355 e. The van der Waals surface area contributed by atoms with Crippen LogP contribution in [0.3, 0.4) is 0 Å². The molecule has 2 nitrogen and oxygen atoms in total. The highest BCUT2D eigenvalue weighted by Crippen LogP contribution is 2.34. The third-order valence-electron chi connectivity index (χ3n) is 4.48. The number of hydrogen-bond acceptors (Lipinski definition) is 1. The molecule has 1 aliphatic carbocycles. The van der Waals surface area contributed by atoms with Gasteiger partial charge in [0.2, 0.25) is 0 Å². The van der Waals surface area contributed by atoms with Crippen LogP contribution in [0.5, 0.6) is 0 Å². The van der Waals surface area contributed by atoms with Crippen LogP contribution in [0.15, 0.2) is 41.4 Å². The van der Waals surface area contributed by atoms with Crippen molar-refractivity contribution in [3.05, 3.63) is 52.7 Å². The van der Waals surface area contributed by atoms with Crippen LogP contribution < -0.4 is 10.7 Å². The average molecular weight is 258 g/mol. The van der Waals surface area contributed by atoms with E-state index in [1.807, 2.05) is 0 Å². The monoisotopic (exact) mass is 258 g/mol. The molecule has 1 N–H and O–H groups in total. The summed E-state index contributed by atoms with van der Waals surface area (Å²) >= 11 is 0. The maximum atomic E-state index is 4.89. The Balaban J connectivity index is 1.99. The fraction of sp³-hybridized carbons (Fsp3) is 0.167. The summed E-state index contributed by atoms with van der Waals surface area (Å²) in [7, 11) is 0. The lowest BCUT2D eigenvalue weighted by Crippen LogP contribution is -2.13. The molecule has 0 bridgehead atoms. The van der Waals surface area contributed by atoms with Gasteiger partial charge in [0.25, 0.3) is 0 Å². The smallest absolute Gasteiger partial charge is 0.0813 e. The van der Waals surface area contributed by atoms with Crippen molar-refractivity contribution in [1.82, 2.24) is 4.98 Å². The number of aromatic nitrogens is 1. The predicted octanol–water partition coefficient (Wildman–Crippen LogP) is 3.22. The number of nitrogens with zero attached hydrogens (tertiary/aromatic N) is 1. The summed E-state index contributed by atoms with van der Waals surface area (Å²) in [5.41, 5.74) is 6.33. The van der Waals surface area contributed by atoms with E-state index < -0.39 is 0 Å². The normalized spacial score (nSPS) is 15.2. The molecule has 2 aromatic carbocycles. The van der Waals surface area contributed by atoms with Crippen molar-refractivity contribution in [3.63, 3.8) is 0 Å². The van der Waals surface area contributed by atoms with Gasteiger partial charge >= 0.3 is 0 Å². The maximum absolute atomic E-state index is 4.89. The summed E-state index contributed by atoms with van der Waals surface area (Å²) in [5.74, 6) is 0. The first kappa shape index (κ1) is 10.4. The first-order valence-electron chi connectivity index (χ1n) is 7.24. The summed E-state index contributed by atoms with van der Waals surface area (Å²) < 4.78 is 0. The summed E-state index contributed by atoms with van der Waals surface area (Å²) in [4.78, 5) is 8.45. The van der Waals surface area contributed by atoms with Crippen LogP contribution in [0, 0.1) is 0 Å². The molecule has 5 rings (SSSR count). The summed E-state index contributed by atoms with van der Waals surface area (Å²) in [6.07, 6.45) is 5.91. The lowest BCUT2D eigenvalue weighted by atomic mass is 9.98. The van der Waals surface area contributed by atoms with E-state index in [0.29, 0.717) is 0 Å². The second-order valence-corrected chi connectivity index (χ2v) is 5.63. The number of benzene rings is 2. The maximum Gasteiger partial charge on any atom is 0.0813 e. The molecule has 1 aliphatic heterocycles. The zero-order chi connectivity index (χ0) is 13.1. The summed E-state index contributed by atoms with van der Waals surface area (Å²) in [6.45, 7) is 0. The van der Waals surface area contributed by atoms with E-state index in [4.69, 9.17) is 4.99 Å². The Morgan fingerprint density at radius 3 is 2.95 bits per heavy atom. The minimum absolute atomic E-state index is 1.10. The highest BCUT2D eigenvalue weighted by molar-refractivity contribution is 5.92. The van der Waals surface area contributed by atoms with Crippen molar-refractivity contribution < 1.29 is 0 Å². The first-order chi connectivity index (χ1) is 9.92. The fourth-order valence-electron chi connectivity index (χ4n) is 3.57. The number of rotatable bonds is 0. The van der Waals surface area contributed by atoms with Crippen molar-refractivity contribution in [2.75, 3.05) is 0 Å². The van der Waals surface area contributed by atoms with Crippen LogP contribution in [-0.4, -0.2) is 4.98 Å². The van der Waals surface area contributed by atoms with Crippen LogP contribution in [0.4, 0.5) is 5.69 Å². The number of aryl methyl sites for hydroxylation is 1. The third kappa shape index (κ3) is 1.21. The van der Waals surface area contributed by atoms with Gasteiger partial charge in [0.1, 0.15) is 0 Å². The fourth-order valence-corrected chi connectivity index (χ4v) is 3.57. The number of fused-ring (bicyclic) bond motifs is 7. The Morgan fingerprint density at radius 1 is 1.00 bits per heavy atom. The van der Waals surface area contributed by atoms with Crippen LogP contribution in [-0.2, 0) is 6.42 Å². The molecule has 96 valence electrons. The lowest BCUT2D eigenvalue weighted by Gasteiger charge is -2.04. The molecule has 0 atom stereocenters. The van der Waals surface area contributed by atoms with Crippen molar-refractivity contribution in [1.29, 1.82) is 0 Å². The van der Waals surface area contributed by atoms with E-state index in [9.17, 15) is 0 Å². The Hall–Kier alpha value is -2.35. The molecule has 2 aliphatic rings. The van der Waals surface area contributed by atoms with E-state index in [2.05, 4.69) is 47.5 Å². The molecular formula is C18H14N2. The van der Waals surface area contributed by atoms with Gasteiger partial charge in [0, 0.05) is 27.4 Å². The van der Waals surface area contributed by atoms with Gasteiger partial charge in [-0.1, -0.05) is 30.3 Å². The molecular weight excluding hydrogens is 244 g/mol. The molecule has 2 heteroatoms. The zero-order valence-electron chi connectivity index (χ0n) is 11.1. The van der Waals surface area contributed by atoms with Gasteiger partial charge in [-0.3, -0.25) is 0 Å². The van der Waals surface area contributed by atoms with Crippen LogP contribution in [0.25, 0.3) is 28.1 Å². The van der Waals surface area contributed by atoms with Crippen molar-refractivity contribution in [2.24, 2.45) is 4.99 Å². The van der Waals surface area contributed by atoms with Gasteiger partial charge < -0.3 is 4.98 Å². The molecule has 3 aromatic rings. The number of aromatic amines is 1. The molecule has 0 radical (unpaired) electrons. The topological polar surface area (TPSA) is 28.1 Å². The quantitative estimate of drug-likeness (QED) is 0.501. The average Bonchev–Trinajstić information content (AvgIpc) is 3.04. The van der Waals surface area contributed by atoms with Gasteiger partial charge in [-0.25, -0.2) is 4.99 Å². The summed E-state index contributed by atoms with van der Waals surface area (Å²) in [6, 6.07) is 12.8. The van der Waals surface area contributed by atoms with E-state index in [1.165, 1.54) is 45.8 Å². The van der Waals surface area contributed by atoms with E-state index >= 15 is 0 Å². The molecule has 0 amide bonds. The highest BCUT2D eigenvalue weighted by Gasteiger charge is 2.19. The Kier molecular flexibility index (Phi) is 1.88. The van der Waals surface area contributed by atoms with Gasteiger partial charge in [0.15, 0.2) is 0 Å². The minimum Gasteiger partial charge on any atom is -0.355 e. The van der Waals surface area contributed by atoms with Gasteiger partial charge in [-0.15, -0.1) is 0 Å². The number of H-pyrrole nitrogens is 1. The zero-order valence-corrected chi connectivity index (χ0v) is 11.1. The molecule has 0 unspecified atom stereocenters. The van der Waals surface area contributed by atoms with Crippen LogP contribution in [0.2, 0.25) is 0 Å². The lowest BCUT2D eigenvalue weighted by molar-refractivity contribution is 0.838. The SMILES string of the molecule is C1=c2[nH]c3ccc4c(c3c2CCC1)=Nc1ccccc1-4. The van der Waals surface area contributed by atoms with E-state index in [1.54, 1.807) is 0 Å². The second-order valence-electron chi connectivity index (χ2n) is 5.63. The van der Waals surface area contributed by atoms with Crippen molar-refractivity contribution in [2.45, 2.75) is 19.3 Å². The standard InChI is InChI=1S/C18H14N2/c1-3-7-14-11(5-1)12-9-10-16-17(18(12)20-14)13-6-2-4-8-15(13)19-16/h1,3,5,7-10,19H,2,4,6H2. The van der Waals surface area contributed by atoms with Gasteiger partial charge in [0.05, 0.1) is 11.0 Å². The molecule has 0 saturated heterocycles. The van der Waals surface area contributed by atoms with Crippen LogP contribution in [0.1, 0.15) is 18.4 Å². The van der Waals surface area contributed by atoms with Gasteiger partial charge in [-0.2, -0.15) is 0 Å². The molecule has 0 saturated carbocycles. The molecule has 20 heavy (non-hydrogen) atoms. The van der Waals surface area contributed by atoms with E-state index in [-0.39, 0.29) is 0 Å². The summed E-state index contributed by atoms with van der Waals surface area (Å²) in [5, 5.41) is 3.81. The molecule has 0 fully saturated rings. The number of para-hydroxylation sites is 1.